The summed E-state index contributed by atoms with van der Waals surface area (Å²) in [6, 6.07) is 9.02. The molecule has 0 saturated heterocycles. The van der Waals surface area contributed by atoms with Crippen LogP contribution in [0.5, 0.6) is 0 Å². The number of nitrogens with zero attached hydrogens (tertiary/aromatic N) is 1. The minimum Gasteiger partial charge on any atom is -2.00 e. The number of hydrogen-bond donors (Lipinski definition) is 1. The first kappa shape index (κ1) is 17.1. The van der Waals surface area contributed by atoms with E-state index >= 15 is 0 Å². The van der Waals surface area contributed by atoms with Gasteiger partial charge in [0.25, 0.3) is 0 Å². The molecule has 1 aliphatic carbocycles. The van der Waals surface area contributed by atoms with Crippen LogP contribution < -0.4 is 4.72 Å². The molecule has 0 unspecified atom stereocenters. The molecule has 98 valence electrons. The molecule has 3 rings (SSSR count). The Bertz CT molecular complexity index is 467. The smallest absolute Gasteiger partial charge is 2.00 e. The Hall–Kier alpha value is 0.00338. The van der Waals surface area contributed by atoms with Crippen molar-refractivity contribution in [2.75, 3.05) is 0 Å². The second-order valence-corrected chi connectivity index (χ2v) is 6.62. The summed E-state index contributed by atoms with van der Waals surface area (Å²) in [6.45, 7) is 0. The van der Waals surface area contributed by atoms with Gasteiger partial charge in [0.15, 0.2) is 4.34 Å². The Balaban J connectivity index is 0.000000902. The molecule has 0 spiro atoms. The van der Waals surface area contributed by atoms with Crippen molar-refractivity contribution >= 4 is 33.5 Å². The van der Waals surface area contributed by atoms with Gasteiger partial charge in [0.2, 0.25) is 0 Å². The van der Waals surface area contributed by atoms with Crippen molar-refractivity contribution in [3.05, 3.63) is 24.3 Å². The Labute approximate surface area is 134 Å². The van der Waals surface area contributed by atoms with Crippen LogP contribution in [0.15, 0.2) is 28.6 Å². The molecule has 1 aliphatic rings. The Kier molecular flexibility index (Phi) is 7.47. The first-order valence-electron chi connectivity index (χ1n) is 6.20. The number of hydrogen-bond acceptors (Lipinski definition) is 4. The number of rotatable bonds is 3. The average molecular weight is 346 g/mol. The van der Waals surface area contributed by atoms with E-state index in [1.54, 1.807) is 23.3 Å². The molecule has 1 saturated carbocycles. The van der Waals surface area contributed by atoms with Gasteiger partial charge in [0.1, 0.15) is 0 Å². The molecule has 6 heteroatoms. The minimum absolute atomic E-state index is 0. The maximum atomic E-state index is 4.62. The van der Waals surface area contributed by atoms with E-state index in [-0.39, 0.29) is 25.0 Å². The van der Waals surface area contributed by atoms with Crippen LogP contribution in [0.4, 0.5) is 0 Å². The van der Waals surface area contributed by atoms with E-state index in [0.717, 1.165) is 9.86 Å². The van der Waals surface area contributed by atoms with E-state index in [0.29, 0.717) is 6.04 Å². The van der Waals surface area contributed by atoms with Gasteiger partial charge in [-0.25, -0.2) is 4.98 Å². The molecular formula is C13H16N2OS2Zn. The summed E-state index contributed by atoms with van der Waals surface area (Å²) >= 11 is 3.49. The second kappa shape index (κ2) is 8.33. The Morgan fingerprint density at radius 2 is 1.89 bits per heavy atom. The van der Waals surface area contributed by atoms with Crippen molar-refractivity contribution in [1.29, 1.82) is 0 Å². The molecule has 1 aromatic carbocycles. The van der Waals surface area contributed by atoms with Gasteiger partial charge in [-0.2, -0.15) is 0 Å². The van der Waals surface area contributed by atoms with E-state index in [1.807, 2.05) is 6.07 Å². The molecule has 0 aliphatic heterocycles. The van der Waals surface area contributed by atoms with E-state index in [2.05, 4.69) is 27.9 Å². The maximum absolute atomic E-state index is 4.62. The van der Waals surface area contributed by atoms with Crippen LogP contribution in [0.3, 0.4) is 0 Å². The van der Waals surface area contributed by atoms with Gasteiger partial charge < -0.3 is 5.48 Å². The molecular weight excluding hydrogens is 330 g/mol. The minimum atomic E-state index is 0. The van der Waals surface area contributed by atoms with Crippen molar-refractivity contribution in [3.8, 4) is 0 Å². The van der Waals surface area contributed by atoms with E-state index in [4.69, 9.17) is 0 Å². The van der Waals surface area contributed by atoms with Crippen LogP contribution in [0.25, 0.3) is 10.2 Å². The van der Waals surface area contributed by atoms with Gasteiger partial charge >= 0.3 is 19.5 Å². The van der Waals surface area contributed by atoms with Crippen LogP contribution in [0.2, 0.25) is 0 Å². The number of aromatic nitrogens is 1. The molecule has 0 atom stereocenters. The molecule has 3 nitrogen and oxygen atoms in total. The fourth-order valence-corrected chi connectivity index (χ4v) is 4.17. The SMILES string of the molecule is [O-2].[Zn+2].c1ccc2sc(SNC3CCCCC3)nc2c1. The third-order valence-corrected chi connectivity index (χ3v) is 5.24. The van der Waals surface area contributed by atoms with Gasteiger partial charge in [-0.1, -0.05) is 31.4 Å². The van der Waals surface area contributed by atoms with Crippen LogP contribution in [0, 0.1) is 0 Å². The third-order valence-electron chi connectivity index (χ3n) is 3.19. The van der Waals surface area contributed by atoms with Crippen molar-refractivity contribution in [2.45, 2.75) is 42.5 Å². The van der Waals surface area contributed by atoms with Gasteiger partial charge in [-0.15, -0.1) is 11.3 Å². The molecule has 0 amide bonds. The molecule has 1 N–H and O–H groups in total. The first-order chi connectivity index (χ1) is 8.42. The molecule has 0 radical (unpaired) electrons. The Morgan fingerprint density at radius 3 is 2.63 bits per heavy atom. The van der Waals surface area contributed by atoms with Crippen LogP contribution in [-0.2, 0) is 25.0 Å². The number of thiazole rings is 1. The van der Waals surface area contributed by atoms with Crippen LogP contribution in [0.1, 0.15) is 32.1 Å². The van der Waals surface area contributed by atoms with Gasteiger partial charge in [-0.3, -0.25) is 4.72 Å². The van der Waals surface area contributed by atoms with Crippen molar-refractivity contribution in [2.24, 2.45) is 0 Å². The zero-order valence-electron chi connectivity index (χ0n) is 10.8. The van der Waals surface area contributed by atoms with E-state index < -0.39 is 0 Å². The summed E-state index contributed by atoms with van der Waals surface area (Å²) in [5.74, 6) is 0. The van der Waals surface area contributed by atoms with Gasteiger partial charge in [-0.05, 0) is 36.9 Å². The standard InChI is InChI=1S/C13H16N2S2.O.Zn/c1-2-6-10(7-3-1)15-17-13-14-11-8-4-5-9-12(11)16-13;;/h4-5,8-10,15H,1-3,6-7H2;;/q;-2;+2. The predicted molar refractivity (Wildman–Crippen MR) is 76.2 cm³/mol. The zero-order valence-corrected chi connectivity index (χ0v) is 15.4. The predicted octanol–water partition coefficient (Wildman–Crippen LogP) is 4.10. The summed E-state index contributed by atoms with van der Waals surface area (Å²) in [5, 5.41) is 0. The summed E-state index contributed by atoms with van der Waals surface area (Å²) < 4.78 is 5.98. The van der Waals surface area contributed by atoms with Crippen LogP contribution in [-0.4, -0.2) is 11.0 Å². The molecule has 1 heterocycles. The normalized spacial score (nSPS) is 15.8. The topological polar surface area (TPSA) is 53.4 Å². The molecule has 0 bridgehead atoms. The van der Waals surface area contributed by atoms with Crippen molar-refractivity contribution in [1.82, 2.24) is 9.71 Å². The number of benzene rings is 1. The molecule has 1 aromatic heterocycles. The number of fused-ring (bicyclic) bond motifs is 1. The van der Waals surface area contributed by atoms with Crippen molar-refractivity contribution < 1.29 is 25.0 Å². The van der Waals surface area contributed by atoms with Gasteiger partial charge in [0, 0.05) is 6.04 Å². The summed E-state index contributed by atoms with van der Waals surface area (Å²) in [5.41, 5.74) is 1.12. The van der Waals surface area contributed by atoms with E-state index in [1.165, 1.54) is 36.8 Å². The Morgan fingerprint density at radius 1 is 1.16 bits per heavy atom. The third kappa shape index (κ3) is 4.50. The fraction of sp³-hybridized carbons (Fsp3) is 0.462. The number of para-hydroxylation sites is 1. The average Bonchev–Trinajstić information content (AvgIpc) is 2.80. The fourth-order valence-electron chi connectivity index (χ4n) is 2.25. The zero-order chi connectivity index (χ0) is 11.5. The molecule has 2 aromatic rings. The summed E-state index contributed by atoms with van der Waals surface area (Å²) in [6.07, 6.45) is 6.79. The summed E-state index contributed by atoms with van der Waals surface area (Å²) in [7, 11) is 0. The van der Waals surface area contributed by atoms with E-state index in [9.17, 15) is 0 Å². The number of nitrogens with one attached hydrogen (secondary N) is 1. The second-order valence-electron chi connectivity index (χ2n) is 4.50. The largest absolute Gasteiger partial charge is 2.00 e. The first-order valence-corrected chi connectivity index (χ1v) is 7.83. The monoisotopic (exact) mass is 344 g/mol. The van der Waals surface area contributed by atoms with Crippen LogP contribution >= 0.6 is 23.3 Å². The van der Waals surface area contributed by atoms with Crippen molar-refractivity contribution in [3.63, 3.8) is 0 Å². The summed E-state index contributed by atoms with van der Waals surface area (Å²) in [4.78, 5) is 4.62. The quantitative estimate of drug-likeness (QED) is 0.673. The molecule has 1 fully saturated rings. The maximum Gasteiger partial charge on any atom is 2.00 e. The molecule has 19 heavy (non-hydrogen) atoms. The van der Waals surface area contributed by atoms with Gasteiger partial charge in [0.05, 0.1) is 10.2 Å².